The van der Waals surface area contributed by atoms with Crippen molar-refractivity contribution in [1.29, 1.82) is 0 Å². The van der Waals surface area contributed by atoms with Crippen LogP contribution >= 0.6 is 0 Å². The van der Waals surface area contributed by atoms with Gasteiger partial charge in [0.05, 0.1) is 25.6 Å². The number of ether oxygens (including phenoxy) is 2. The summed E-state index contributed by atoms with van der Waals surface area (Å²) in [6, 6.07) is 0. The summed E-state index contributed by atoms with van der Waals surface area (Å²) >= 11 is 0. The lowest BCUT2D eigenvalue weighted by Crippen LogP contribution is -2.43. The third-order valence-corrected chi connectivity index (χ3v) is 4.10. The predicted molar refractivity (Wildman–Crippen MR) is 93.8 cm³/mol. The van der Waals surface area contributed by atoms with E-state index in [0.29, 0.717) is 31.7 Å². The molecule has 1 heterocycles. The van der Waals surface area contributed by atoms with Crippen LogP contribution in [0.25, 0.3) is 0 Å². The number of hydrogen-bond acceptors (Lipinski definition) is 6. The van der Waals surface area contributed by atoms with Crippen molar-refractivity contribution < 1.29 is 19.1 Å². The van der Waals surface area contributed by atoms with Gasteiger partial charge in [0.25, 0.3) is 0 Å². The molecule has 1 aliphatic rings. The molecule has 0 aromatic carbocycles. The number of amidine groups is 1. The zero-order valence-corrected chi connectivity index (χ0v) is 15.8. The Hall–Kier alpha value is -1.85. The number of carbonyl (C=O) groups is 2. The second-order valence-corrected chi connectivity index (χ2v) is 7.54. The smallest absolute Gasteiger partial charge is 0.333 e. The Labute approximate surface area is 144 Å². The first-order valence-electron chi connectivity index (χ1n) is 8.22. The van der Waals surface area contributed by atoms with E-state index in [0.717, 1.165) is 12.4 Å². The molecule has 0 saturated carbocycles. The van der Waals surface area contributed by atoms with Crippen molar-refractivity contribution in [3.05, 3.63) is 12.2 Å². The molecule has 0 N–H and O–H groups in total. The fraction of sp³-hybridized carbons (Fsp3) is 0.722. The fourth-order valence-electron chi connectivity index (χ4n) is 3.25. The minimum atomic E-state index is -0.596. The molecule has 1 rings (SSSR count). The normalized spacial score (nSPS) is 15.1. The molecule has 0 unspecified atom stereocenters. The molecule has 1 aliphatic heterocycles. The van der Waals surface area contributed by atoms with E-state index >= 15 is 0 Å². The maximum absolute atomic E-state index is 12.0. The van der Waals surface area contributed by atoms with Gasteiger partial charge < -0.3 is 14.4 Å². The molecule has 136 valence electrons. The van der Waals surface area contributed by atoms with E-state index in [-0.39, 0.29) is 17.4 Å². The van der Waals surface area contributed by atoms with E-state index in [4.69, 9.17) is 9.47 Å². The largest absolute Gasteiger partial charge is 0.469 e. The van der Waals surface area contributed by atoms with E-state index in [1.165, 1.54) is 7.11 Å². The first-order chi connectivity index (χ1) is 11.0. The summed E-state index contributed by atoms with van der Waals surface area (Å²) < 4.78 is 10.1. The molecule has 0 aliphatic carbocycles. The molecule has 0 radical (unpaired) electrons. The minimum absolute atomic E-state index is 0.226. The van der Waals surface area contributed by atoms with Crippen molar-refractivity contribution in [2.45, 2.75) is 41.0 Å². The third-order valence-electron chi connectivity index (χ3n) is 4.10. The lowest BCUT2D eigenvalue weighted by molar-refractivity contribution is -0.152. The molecule has 0 fully saturated rings. The number of rotatable bonds is 8. The molecular formula is C18H30N2O4. The van der Waals surface area contributed by atoms with Crippen molar-refractivity contribution in [3.63, 3.8) is 0 Å². The van der Waals surface area contributed by atoms with Crippen LogP contribution in [0.4, 0.5) is 0 Å². The molecular weight excluding hydrogens is 308 g/mol. The van der Waals surface area contributed by atoms with Gasteiger partial charge >= 0.3 is 11.9 Å². The first-order valence-corrected chi connectivity index (χ1v) is 8.22. The molecule has 0 saturated heterocycles. The van der Waals surface area contributed by atoms with Crippen molar-refractivity contribution in [2.24, 2.45) is 15.8 Å². The Morgan fingerprint density at radius 1 is 1.29 bits per heavy atom. The van der Waals surface area contributed by atoms with Crippen LogP contribution in [-0.2, 0) is 19.1 Å². The molecule has 24 heavy (non-hydrogen) atoms. The Morgan fingerprint density at radius 2 is 1.92 bits per heavy atom. The fourth-order valence-corrected chi connectivity index (χ4v) is 3.25. The highest BCUT2D eigenvalue weighted by Gasteiger charge is 2.40. The van der Waals surface area contributed by atoms with Gasteiger partial charge in [-0.05, 0) is 27.2 Å². The van der Waals surface area contributed by atoms with Gasteiger partial charge in [-0.1, -0.05) is 20.4 Å². The monoisotopic (exact) mass is 338 g/mol. The maximum Gasteiger partial charge on any atom is 0.333 e. The van der Waals surface area contributed by atoms with Gasteiger partial charge in [-0.2, -0.15) is 0 Å². The van der Waals surface area contributed by atoms with Crippen LogP contribution in [0.2, 0.25) is 0 Å². The van der Waals surface area contributed by atoms with Crippen LogP contribution in [0, 0.1) is 10.8 Å². The van der Waals surface area contributed by atoms with Crippen molar-refractivity contribution in [2.75, 3.05) is 33.4 Å². The number of methoxy groups -OCH3 is 1. The summed E-state index contributed by atoms with van der Waals surface area (Å²) in [6.07, 6.45) is 0.619. The molecule has 0 aromatic heterocycles. The first kappa shape index (κ1) is 20.2. The topological polar surface area (TPSA) is 68.2 Å². The van der Waals surface area contributed by atoms with Crippen LogP contribution in [-0.4, -0.2) is 56.0 Å². The number of aliphatic imine (C=N–C) groups is 1. The number of esters is 2. The van der Waals surface area contributed by atoms with Gasteiger partial charge in [-0.25, -0.2) is 4.79 Å². The highest BCUT2D eigenvalue weighted by Crippen LogP contribution is 2.37. The SMILES string of the molecule is C=C(C)C(=O)OCCN1CCN=C1C(C)(C)CC(C)(C)C(=O)OC. The summed E-state index contributed by atoms with van der Waals surface area (Å²) in [5.74, 6) is 0.348. The highest BCUT2D eigenvalue weighted by atomic mass is 16.5. The zero-order chi connectivity index (χ0) is 18.5. The van der Waals surface area contributed by atoms with E-state index in [1.807, 2.05) is 13.8 Å². The second-order valence-electron chi connectivity index (χ2n) is 7.54. The second kappa shape index (κ2) is 7.81. The summed E-state index contributed by atoms with van der Waals surface area (Å²) in [5, 5.41) is 0. The molecule has 0 aromatic rings. The van der Waals surface area contributed by atoms with Crippen molar-refractivity contribution in [3.8, 4) is 0 Å². The molecule has 0 bridgehead atoms. The Bertz CT molecular complexity index is 535. The van der Waals surface area contributed by atoms with Gasteiger partial charge in [0.1, 0.15) is 12.4 Å². The summed E-state index contributed by atoms with van der Waals surface area (Å²) in [4.78, 5) is 30.2. The molecule has 0 atom stereocenters. The zero-order valence-electron chi connectivity index (χ0n) is 15.8. The van der Waals surface area contributed by atoms with Crippen molar-refractivity contribution in [1.82, 2.24) is 4.90 Å². The van der Waals surface area contributed by atoms with Crippen LogP contribution < -0.4 is 0 Å². The molecule has 0 amide bonds. The molecule has 6 heteroatoms. The van der Waals surface area contributed by atoms with E-state index in [2.05, 4.69) is 30.3 Å². The van der Waals surface area contributed by atoms with Gasteiger partial charge in [-0.3, -0.25) is 9.79 Å². The highest BCUT2D eigenvalue weighted by molar-refractivity contribution is 5.90. The van der Waals surface area contributed by atoms with Gasteiger partial charge in [0.15, 0.2) is 0 Å². The lowest BCUT2D eigenvalue weighted by atomic mass is 9.74. The van der Waals surface area contributed by atoms with Crippen molar-refractivity contribution >= 4 is 17.8 Å². The van der Waals surface area contributed by atoms with Gasteiger partial charge in [0, 0.05) is 17.5 Å². The Balaban J connectivity index is 2.70. The van der Waals surface area contributed by atoms with E-state index < -0.39 is 5.41 Å². The summed E-state index contributed by atoms with van der Waals surface area (Å²) in [5.41, 5.74) is -0.487. The minimum Gasteiger partial charge on any atom is -0.469 e. The third kappa shape index (κ3) is 5.08. The molecule has 6 nitrogen and oxygen atoms in total. The average molecular weight is 338 g/mol. The number of carbonyl (C=O) groups excluding carboxylic acids is 2. The average Bonchev–Trinajstić information content (AvgIpc) is 2.94. The van der Waals surface area contributed by atoms with Gasteiger partial charge in [0.2, 0.25) is 0 Å². The quantitative estimate of drug-likeness (QED) is 0.502. The lowest BCUT2D eigenvalue weighted by Gasteiger charge is -2.36. The van der Waals surface area contributed by atoms with Crippen LogP contribution in [0.1, 0.15) is 41.0 Å². The maximum atomic E-state index is 12.0. The summed E-state index contributed by atoms with van der Waals surface area (Å²) in [7, 11) is 1.41. The standard InChI is InChI=1S/C18H30N2O4/c1-13(2)14(21)24-11-10-20-9-8-19-15(20)17(3,4)12-18(5,6)16(22)23-7/h1,8-12H2,2-7H3. The number of nitrogens with zero attached hydrogens (tertiary/aromatic N) is 2. The Kier molecular flexibility index (Phi) is 6.58. The van der Waals surface area contributed by atoms with Gasteiger partial charge in [-0.15, -0.1) is 0 Å². The van der Waals surface area contributed by atoms with E-state index in [1.54, 1.807) is 6.92 Å². The molecule has 0 spiro atoms. The van der Waals surface area contributed by atoms with Crippen LogP contribution in [0.5, 0.6) is 0 Å². The number of hydrogen-bond donors (Lipinski definition) is 0. The van der Waals surface area contributed by atoms with E-state index in [9.17, 15) is 9.59 Å². The Morgan fingerprint density at radius 3 is 2.46 bits per heavy atom. The van der Waals surface area contributed by atoms with Crippen LogP contribution in [0.3, 0.4) is 0 Å². The predicted octanol–water partition coefficient (Wildman–Crippen LogP) is 2.44. The summed E-state index contributed by atoms with van der Waals surface area (Å²) in [6.45, 7) is 15.5. The van der Waals surface area contributed by atoms with Crippen LogP contribution in [0.15, 0.2) is 17.1 Å².